The zero-order valence-electron chi connectivity index (χ0n) is 32.2. The number of fused-ring (bicyclic) bond motifs is 3. The van der Waals surface area contributed by atoms with E-state index in [1.165, 1.54) is 11.5 Å². The molecule has 320 valence electrons. The molecule has 23 nitrogen and oxygen atoms in total. The molecule has 0 fully saturated rings. The number of rotatable bonds is 18. The predicted molar refractivity (Wildman–Crippen MR) is 222 cm³/mol. The highest BCUT2D eigenvalue weighted by atomic mass is 31.2. The number of H-pyrrole nitrogens is 1. The molecule has 0 saturated carbocycles. The number of hydrazine groups is 2. The normalized spacial score (nSPS) is 14.2. The maximum Gasteiger partial charge on any atom is 0.353 e. The fraction of sp³-hybridized carbons (Fsp3) is 0.222. The summed E-state index contributed by atoms with van der Waals surface area (Å²) in [6.45, 7) is 0.864. The Labute approximate surface area is 346 Å². The highest BCUT2D eigenvalue weighted by Gasteiger charge is 2.24. The lowest BCUT2D eigenvalue weighted by atomic mass is 10.2. The minimum atomic E-state index is -3.90. The van der Waals surface area contributed by atoms with Gasteiger partial charge in [-0.05, 0) is 23.3 Å². The van der Waals surface area contributed by atoms with Gasteiger partial charge in [0.2, 0.25) is 11.9 Å². The van der Waals surface area contributed by atoms with Gasteiger partial charge in [0, 0.05) is 13.1 Å². The third-order valence-corrected chi connectivity index (χ3v) is 10.6. The number of benzene rings is 3. The monoisotopic (exact) mass is 877 g/mol. The Morgan fingerprint density at radius 1 is 0.689 bits per heavy atom. The van der Waals surface area contributed by atoms with Crippen LogP contribution in [0.3, 0.4) is 0 Å². The van der Waals surface area contributed by atoms with Crippen molar-refractivity contribution in [3.63, 3.8) is 0 Å². The third kappa shape index (κ3) is 11.5. The Balaban J connectivity index is 0.000000193. The molecule has 0 bridgehead atoms. The first-order valence-corrected chi connectivity index (χ1v) is 21.9. The molecule has 1 aliphatic heterocycles. The van der Waals surface area contributed by atoms with E-state index < -0.39 is 33.4 Å². The second kappa shape index (κ2) is 19.4. The molecule has 7 aromatic rings. The number of ether oxygens (including phenoxy) is 2. The highest BCUT2D eigenvalue weighted by molar-refractivity contribution is 7.52. The zero-order valence-corrected chi connectivity index (χ0v) is 34.0. The minimum Gasteiger partial charge on any atom is -0.369 e. The van der Waals surface area contributed by atoms with Crippen LogP contribution in [0, 0.1) is 0 Å². The maximum atomic E-state index is 12.2. The number of nitrogens with zero attached hydrogens (tertiary/aromatic N) is 8. The van der Waals surface area contributed by atoms with Gasteiger partial charge in [0.05, 0.1) is 44.8 Å². The summed E-state index contributed by atoms with van der Waals surface area (Å²) in [6, 6.07) is 25.7. The second-order valence-electron chi connectivity index (χ2n) is 13.1. The number of anilines is 4. The van der Waals surface area contributed by atoms with Crippen molar-refractivity contribution in [3.8, 4) is 5.88 Å². The van der Waals surface area contributed by atoms with Crippen LogP contribution in [0.2, 0.25) is 0 Å². The zero-order chi connectivity index (χ0) is 42.8. The molecule has 2 unspecified atom stereocenters. The summed E-state index contributed by atoms with van der Waals surface area (Å²) in [4.78, 5) is 60.5. The summed E-state index contributed by atoms with van der Waals surface area (Å²) in [6.07, 6.45) is 2.09. The Hall–Kier alpha value is -6.26. The third-order valence-electron chi connectivity index (χ3n) is 8.55. The molecule has 0 aliphatic carbocycles. The van der Waals surface area contributed by atoms with Crippen LogP contribution in [-0.2, 0) is 54.0 Å². The second-order valence-corrected chi connectivity index (χ2v) is 16.6. The van der Waals surface area contributed by atoms with Crippen LogP contribution in [0.4, 0.5) is 23.3 Å². The summed E-state index contributed by atoms with van der Waals surface area (Å²) in [5.41, 5.74) is 21.4. The summed E-state index contributed by atoms with van der Waals surface area (Å²) in [5, 5.41) is 1.41. The van der Waals surface area contributed by atoms with Crippen LogP contribution in [0.25, 0.3) is 22.3 Å². The topological polar surface area (TPSA) is 307 Å². The Bertz CT molecular complexity index is 2720. The van der Waals surface area contributed by atoms with Gasteiger partial charge in [-0.3, -0.25) is 24.3 Å². The van der Waals surface area contributed by atoms with Crippen molar-refractivity contribution in [1.82, 2.24) is 44.6 Å². The molecule has 25 heteroatoms. The molecule has 4 aromatic heterocycles. The van der Waals surface area contributed by atoms with Crippen LogP contribution >= 0.6 is 15.2 Å². The van der Waals surface area contributed by atoms with Crippen LogP contribution < -0.4 is 38.0 Å². The van der Waals surface area contributed by atoms with Crippen molar-refractivity contribution in [2.24, 2.45) is 0 Å². The van der Waals surface area contributed by atoms with Gasteiger partial charge in [0.1, 0.15) is 18.4 Å². The molecule has 5 heterocycles. The van der Waals surface area contributed by atoms with E-state index in [1.807, 2.05) is 72.8 Å². The van der Waals surface area contributed by atoms with Crippen molar-refractivity contribution in [2.75, 3.05) is 48.0 Å². The number of nitrogens with two attached hydrogens (primary N) is 2. The first-order chi connectivity index (χ1) is 29.4. The molecule has 2 atom stereocenters. The van der Waals surface area contributed by atoms with E-state index in [0.717, 1.165) is 22.5 Å². The molecule has 9 N–H and O–H groups in total. The quantitative estimate of drug-likeness (QED) is 0.0479. The number of hydrogen-bond donors (Lipinski definition) is 7. The molecular formula is C36H41N13O10P2. The molecular weight excluding hydrogens is 836 g/mol. The van der Waals surface area contributed by atoms with Gasteiger partial charge in [-0.25, -0.2) is 9.97 Å². The summed E-state index contributed by atoms with van der Waals surface area (Å²) >= 11 is 0. The van der Waals surface area contributed by atoms with Gasteiger partial charge < -0.3 is 53.7 Å². The number of hydrogen-bond acceptors (Lipinski definition) is 18. The lowest BCUT2D eigenvalue weighted by molar-refractivity contribution is 0.136. The molecule has 0 spiro atoms. The molecule has 3 aromatic carbocycles. The first kappa shape index (κ1) is 42.8. The van der Waals surface area contributed by atoms with Crippen molar-refractivity contribution in [1.29, 1.82) is 0 Å². The minimum absolute atomic E-state index is 0.00443. The van der Waals surface area contributed by atoms with Crippen molar-refractivity contribution in [3.05, 3.63) is 119 Å². The molecule has 0 amide bonds. The van der Waals surface area contributed by atoms with E-state index in [1.54, 1.807) is 27.6 Å². The van der Waals surface area contributed by atoms with E-state index >= 15 is 0 Å². The summed E-state index contributed by atoms with van der Waals surface area (Å²) in [7, 11) is -7.77. The number of nitrogen functional groups attached to an aromatic ring is 2. The Morgan fingerprint density at radius 3 is 1.84 bits per heavy atom. The SMILES string of the molecule is Nc1nc(ON2NNc3ccccc32)c2ncn(CCOCP(=O)(O)OCc3ccccc3)c2n1.Nc1nc2c(ncn2CCOCP(=O)(O)OCc2ccccc2)c(=O)[nH]1. The number of nitrogens with one attached hydrogen (secondary N) is 3. The van der Waals surface area contributed by atoms with E-state index in [0.29, 0.717) is 23.4 Å². The lowest BCUT2D eigenvalue weighted by Gasteiger charge is -2.17. The average molecular weight is 878 g/mol. The largest absolute Gasteiger partial charge is 0.369 e. The molecule has 1 aliphatic rings. The van der Waals surface area contributed by atoms with Crippen LogP contribution in [-0.4, -0.2) is 74.7 Å². The number of aromatic nitrogens is 8. The van der Waals surface area contributed by atoms with E-state index in [9.17, 15) is 23.7 Å². The average Bonchev–Trinajstić information content (AvgIpc) is 3.98. The molecule has 8 rings (SSSR count). The van der Waals surface area contributed by atoms with Gasteiger partial charge in [0.25, 0.3) is 11.4 Å². The molecule has 0 saturated heterocycles. The van der Waals surface area contributed by atoms with Gasteiger partial charge in [-0.1, -0.05) is 72.8 Å². The standard InChI is InChI=1S/C21H23N8O5P.C15H18N5O5P/c22-21-24-19-18(20(25-21)34-29-17-9-5-4-8-16(17)26-27-29)23-13-28(19)10-11-32-14-35(30,31)33-12-15-6-2-1-3-7-15;16-15-18-13-12(14(21)19-15)17-9-20(13)6-7-24-10-26(22,23)25-8-11-4-2-1-3-5-11/h1-9,13,26-27H,10-12,14H2,(H,30,31)(H2,22,24,25);1-5,9H,6-8,10H2,(H,22,23)(H3,16,18,19,21). The van der Waals surface area contributed by atoms with E-state index in [4.69, 9.17) is 34.8 Å². The van der Waals surface area contributed by atoms with Gasteiger partial charge >= 0.3 is 15.2 Å². The summed E-state index contributed by atoms with van der Waals surface area (Å²) in [5.74, 6) is 0.150. The first-order valence-electron chi connectivity index (χ1n) is 18.4. The molecule has 0 radical (unpaired) electrons. The van der Waals surface area contributed by atoms with Crippen molar-refractivity contribution in [2.45, 2.75) is 26.3 Å². The fourth-order valence-corrected chi connectivity index (χ4v) is 7.21. The van der Waals surface area contributed by atoms with Crippen LogP contribution in [0.15, 0.2) is 102 Å². The van der Waals surface area contributed by atoms with Crippen LogP contribution in [0.5, 0.6) is 5.88 Å². The number of imidazole rings is 2. The highest BCUT2D eigenvalue weighted by Crippen LogP contribution is 2.43. The van der Waals surface area contributed by atoms with Gasteiger partial charge in [-0.2, -0.15) is 15.0 Å². The van der Waals surface area contributed by atoms with Crippen LogP contribution in [0.1, 0.15) is 11.1 Å². The van der Waals surface area contributed by atoms with Crippen molar-refractivity contribution < 1.29 is 42.3 Å². The lowest BCUT2D eigenvalue weighted by Crippen LogP contribution is -2.39. The molecule has 61 heavy (non-hydrogen) atoms. The van der Waals surface area contributed by atoms with E-state index in [-0.39, 0.29) is 56.3 Å². The maximum absolute atomic E-state index is 12.2. The van der Waals surface area contributed by atoms with Gasteiger partial charge in [0.15, 0.2) is 22.3 Å². The smallest absolute Gasteiger partial charge is 0.353 e. The summed E-state index contributed by atoms with van der Waals surface area (Å²) < 4.78 is 48.3. The predicted octanol–water partition coefficient (Wildman–Crippen LogP) is 3.51. The Morgan fingerprint density at radius 2 is 1.23 bits per heavy atom. The Kier molecular flexibility index (Phi) is 13.6. The van der Waals surface area contributed by atoms with Crippen molar-refractivity contribution >= 4 is 60.8 Å². The van der Waals surface area contributed by atoms with Gasteiger partial charge in [-0.15, -0.1) is 10.7 Å². The van der Waals surface area contributed by atoms with E-state index in [2.05, 4.69) is 40.9 Å². The number of para-hydroxylation sites is 2. The fourth-order valence-electron chi connectivity index (χ4n) is 5.64. The number of aromatic amines is 1.